The number of fused-ring (bicyclic) bond motifs is 1. The molecule has 1 saturated carbocycles. The van der Waals surface area contributed by atoms with E-state index in [1.807, 2.05) is 0 Å². The van der Waals surface area contributed by atoms with Crippen LogP contribution in [0.15, 0.2) is 9.59 Å². The van der Waals surface area contributed by atoms with Crippen LogP contribution in [-0.4, -0.2) is 38.3 Å². The number of carbonyl (C=O) groups is 1. The zero-order valence-corrected chi connectivity index (χ0v) is 13.1. The lowest BCUT2D eigenvalue weighted by Gasteiger charge is -2.20. The van der Waals surface area contributed by atoms with E-state index in [4.69, 9.17) is 10.5 Å². The van der Waals surface area contributed by atoms with Crippen LogP contribution in [0.3, 0.4) is 0 Å². The molecule has 1 unspecified atom stereocenters. The molecule has 2 aromatic rings. The van der Waals surface area contributed by atoms with Crippen molar-refractivity contribution in [3.05, 3.63) is 20.0 Å². The van der Waals surface area contributed by atoms with E-state index in [2.05, 4.69) is 9.97 Å². The number of esters is 1. The number of nitrogens with one attached hydrogen (secondary N) is 1. The Balaban J connectivity index is 2.14. The van der Waals surface area contributed by atoms with Gasteiger partial charge in [-0.25, -0.2) is 0 Å². The molecule has 23 heavy (non-hydrogen) atoms. The van der Waals surface area contributed by atoms with Crippen LogP contribution in [0.25, 0.3) is 10.3 Å². The number of nitrogen functional groups attached to an aromatic ring is 1. The summed E-state index contributed by atoms with van der Waals surface area (Å²) in [7, 11) is 0. The van der Waals surface area contributed by atoms with Crippen molar-refractivity contribution >= 4 is 33.6 Å². The monoisotopic (exact) mass is 340 g/mol. The van der Waals surface area contributed by atoms with Crippen molar-refractivity contribution in [3.63, 3.8) is 0 Å². The van der Waals surface area contributed by atoms with Gasteiger partial charge in [-0.15, -0.1) is 0 Å². The van der Waals surface area contributed by atoms with E-state index in [0.717, 1.165) is 11.3 Å². The van der Waals surface area contributed by atoms with Gasteiger partial charge in [-0.2, -0.15) is 4.98 Å². The fourth-order valence-corrected chi connectivity index (χ4v) is 3.95. The van der Waals surface area contributed by atoms with Crippen LogP contribution in [0.4, 0.5) is 5.95 Å². The molecule has 2 aromatic heterocycles. The summed E-state index contributed by atoms with van der Waals surface area (Å²) in [5.41, 5.74) is 5.27. The summed E-state index contributed by atoms with van der Waals surface area (Å²) in [5.74, 6) is -0.642. The van der Waals surface area contributed by atoms with E-state index in [0.29, 0.717) is 12.8 Å². The first-order valence-corrected chi connectivity index (χ1v) is 7.91. The second-order valence-corrected chi connectivity index (χ2v) is 6.54. The molecule has 0 spiro atoms. The summed E-state index contributed by atoms with van der Waals surface area (Å²) >= 11 is 0.773. The highest BCUT2D eigenvalue weighted by Gasteiger charge is 2.39. The summed E-state index contributed by atoms with van der Waals surface area (Å²) < 4.78 is 6.83. The number of nitrogens with two attached hydrogens (primary N) is 1. The third kappa shape index (κ3) is 2.75. The number of hydrogen-bond donors (Lipinski definition) is 3. The fourth-order valence-electron chi connectivity index (χ4n) is 3.07. The Kier molecular flexibility index (Phi) is 3.94. The minimum absolute atomic E-state index is 0.0682. The summed E-state index contributed by atoms with van der Waals surface area (Å²) in [6.07, 6.45) is 0.347. The Hall–Kier alpha value is -2.20. The van der Waals surface area contributed by atoms with Crippen molar-refractivity contribution in [1.29, 1.82) is 0 Å². The number of thiazole rings is 1. The number of carbonyl (C=O) groups excluding carboxylic acids is 1. The van der Waals surface area contributed by atoms with Gasteiger partial charge in [0.15, 0.2) is 5.65 Å². The van der Waals surface area contributed by atoms with Gasteiger partial charge in [0.1, 0.15) is 10.8 Å². The average Bonchev–Trinajstić information content (AvgIpc) is 2.99. The van der Waals surface area contributed by atoms with Crippen LogP contribution in [0, 0.1) is 5.92 Å². The largest absolute Gasteiger partial charge is 0.460 e. The molecule has 1 aliphatic carbocycles. The predicted molar refractivity (Wildman–Crippen MR) is 83.3 cm³/mol. The molecule has 0 aromatic carbocycles. The van der Waals surface area contributed by atoms with E-state index >= 15 is 0 Å². The average molecular weight is 340 g/mol. The summed E-state index contributed by atoms with van der Waals surface area (Å²) in [6.45, 7) is 1.22. The summed E-state index contributed by atoms with van der Waals surface area (Å²) in [4.78, 5) is 41.6. The van der Waals surface area contributed by atoms with Crippen LogP contribution in [0.1, 0.15) is 25.8 Å². The van der Waals surface area contributed by atoms with E-state index in [1.54, 1.807) is 0 Å². The molecule has 2 heterocycles. The Morgan fingerprint density at radius 3 is 2.91 bits per heavy atom. The standard InChI is InChI=1S/C13H16N4O5S/c1-5(19)22-8-3-6(4-18)2-7(8)17-10-9(23-13(17)21)11(20)16-12(14)15-10/h6-8,18H,2-4H2,1H3,(H3,14,15,16,20)/t6-,7+,8?/m0/s1. The van der Waals surface area contributed by atoms with Gasteiger partial charge in [-0.05, 0) is 18.8 Å². The smallest absolute Gasteiger partial charge is 0.309 e. The molecular weight excluding hydrogens is 324 g/mol. The molecule has 1 fully saturated rings. The highest BCUT2D eigenvalue weighted by atomic mass is 32.1. The molecule has 0 radical (unpaired) electrons. The molecule has 1 aliphatic rings. The number of rotatable bonds is 3. The second kappa shape index (κ2) is 5.78. The number of aliphatic hydroxyl groups is 1. The lowest BCUT2D eigenvalue weighted by molar-refractivity contribution is -0.147. The number of aromatic nitrogens is 3. The van der Waals surface area contributed by atoms with Crippen LogP contribution in [-0.2, 0) is 9.53 Å². The van der Waals surface area contributed by atoms with Gasteiger partial charge >= 0.3 is 10.8 Å². The summed E-state index contributed by atoms with van der Waals surface area (Å²) in [5, 5.41) is 9.39. The maximum absolute atomic E-state index is 12.4. The third-order valence-corrected chi connectivity index (χ3v) is 4.91. The van der Waals surface area contributed by atoms with Crippen molar-refractivity contribution in [3.8, 4) is 0 Å². The molecule has 4 N–H and O–H groups in total. The first kappa shape index (κ1) is 15.7. The van der Waals surface area contributed by atoms with Gasteiger partial charge in [0.25, 0.3) is 5.56 Å². The van der Waals surface area contributed by atoms with Gasteiger partial charge in [0.05, 0.1) is 6.04 Å². The number of hydrogen-bond acceptors (Lipinski definition) is 8. The predicted octanol–water partition coefficient (Wildman–Crippen LogP) is -0.396. The van der Waals surface area contributed by atoms with E-state index in [1.165, 1.54) is 11.5 Å². The molecule has 10 heteroatoms. The topological polar surface area (TPSA) is 140 Å². The lowest BCUT2D eigenvalue weighted by atomic mass is 10.1. The third-order valence-electron chi connectivity index (χ3n) is 3.97. The van der Waals surface area contributed by atoms with Gasteiger partial charge in [0, 0.05) is 13.5 Å². The zero-order valence-electron chi connectivity index (χ0n) is 12.3. The van der Waals surface area contributed by atoms with Gasteiger partial charge < -0.3 is 15.6 Å². The van der Waals surface area contributed by atoms with E-state index in [9.17, 15) is 19.5 Å². The molecule has 0 saturated heterocycles. The van der Waals surface area contributed by atoms with Crippen molar-refractivity contribution < 1.29 is 14.6 Å². The van der Waals surface area contributed by atoms with Gasteiger partial charge in [-0.3, -0.25) is 23.9 Å². The Morgan fingerprint density at radius 1 is 1.52 bits per heavy atom. The number of ether oxygens (including phenoxy) is 1. The van der Waals surface area contributed by atoms with Gasteiger partial charge in [0.2, 0.25) is 5.95 Å². The Bertz CT molecular complexity index is 869. The van der Waals surface area contributed by atoms with Crippen molar-refractivity contribution in [2.45, 2.75) is 31.9 Å². The number of nitrogens with zero attached hydrogens (tertiary/aromatic N) is 2. The highest BCUT2D eigenvalue weighted by Crippen LogP contribution is 2.37. The number of aliphatic hydroxyl groups excluding tert-OH is 1. The van der Waals surface area contributed by atoms with Crippen molar-refractivity contribution in [2.24, 2.45) is 5.92 Å². The molecular formula is C13H16N4O5S. The molecule has 3 atom stereocenters. The fraction of sp³-hybridized carbons (Fsp3) is 0.538. The first-order valence-electron chi connectivity index (χ1n) is 7.09. The minimum Gasteiger partial charge on any atom is -0.460 e. The number of aromatic amines is 1. The quantitative estimate of drug-likeness (QED) is 0.646. The maximum atomic E-state index is 12.4. The van der Waals surface area contributed by atoms with E-state index < -0.39 is 23.7 Å². The highest BCUT2D eigenvalue weighted by molar-refractivity contribution is 7.16. The normalized spacial score (nSPS) is 24.2. The van der Waals surface area contributed by atoms with Crippen LogP contribution in [0.5, 0.6) is 0 Å². The number of H-pyrrole nitrogens is 1. The molecule has 0 amide bonds. The first-order chi connectivity index (χ1) is 10.9. The zero-order chi connectivity index (χ0) is 16.7. The van der Waals surface area contributed by atoms with Crippen LogP contribution in [0.2, 0.25) is 0 Å². The Labute approximate surface area is 133 Å². The molecule has 124 valence electrons. The molecule has 9 nitrogen and oxygen atoms in total. The molecule has 3 rings (SSSR count). The van der Waals surface area contributed by atoms with Crippen LogP contribution < -0.4 is 16.2 Å². The lowest BCUT2D eigenvalue weighted by Crippen LogP contribution is -2.29. The SMILES string of the molecule is CC(=O)OC1C[C@@H](CO)C[C@H]1n1c(=O)sc2c(=O)[nH]c(N)nc21. The number of anilines is 1. The molecule has 0 bridgehead atoms. The molecule has 0 aliphatic heterocycles. The van der Waals surface area contributed by atoms with Crippen LogP contribution >= 0.6 is 11.3 Å². The van der Waals surface area contributed by atoms with Crippen molar-refractivity contribution in [2.75, 3.05) is 12.3 Å². The minimum atomic E-state index is -0.553. The van der Waals surface area contributed by atoms with E-state index in [-0.39, 0.29) is 33.7 Å². The van der Waals surface area contributed by atoms with Crippen molar-refractivity contribution in [1.82, 2.24) is 14.5 Å². The maximum Gasteiger partial charge on any atom is 0.309 e. The van der Waals surface area contributed by atoms with Gasteiger partial charge in [-0.1, -0.05) is 11.3 Å². The summed E-state index contributed by atoms with van der Waals surface area (Å²) in [6, 6.07) is -0.481. The Morgan fingerprint density at radius 2 is 2.26 bits per heavy atom. The second-order valence-electron chi connectivity index (χ2n) is 5.58.